The Morgan fingerprint density at radius 2 is 1.60 bits per heavy atom. The molecule has 3 aromatic rings. The Morgan fingerprint density at radius 1 is 0.900 bits per heavy atom. The van der Waals surface area contributed by atoms with Crippen molar-refractivity contribution < 1.29 is 36.6 Å². The number of nitrogens with one attached hydrogen (secondary N) is 1. The van der Waals surface area contributed by atoms with Gasteiger partial charge in [0.15, 0.2) is 5.71 Å². The number of aromatic nitrogens is 1. The van der Waals surface area contributed by atoms with Crippen molar-refractivity contribution in [3.05, 3.63) is 59.8 Å². The van der Waals surface area contributed by atoms with Gasteiger partial charge in [-0.15, -0.1) is 0 Å². The molecule has 0 radical (unpaired) electrons. The standard InChI is InChI=1S/C19H11F6N3O2/c20-18(21,22)16-10-8-11(17(29,30)19(23,24)25)15-9(4-3-7-26-15)14(10)27-12-5-1-2-6-13(12)28-16/h1-8,27,29-30H. The van der Waals surface area contributed by atoms with E-state index in [4.69, 9.17) is 0 Å². The van der Waals surface area contributed by atoms with E-state index in [1.54, 1.807) is 6.07 Å². The molecule has 0 saturated carbocycles. The summed E-state index contributed by atoms with van der Waals surface area (Å²) >= 11 is 0. The largest absolute Gasteiger partial charge is 0.447 e. The van der Waals surface area contributed by atoms with Gasteiger partial charge in [0, 0.05) is 22.7 Å². The molecule has 1 aromatic heterocycles. The quantitative estimate of drug-likeness (QED) is 0.390. The van der Waals surface area contributed by atoms with E-state index in [0.717, 1.165) is 6.20 Å². The van der Waals surface area contributed by atoms with E-state index < -0.39 is 40.5 Å². The molecule has 0 amide bonds. The highest BCUT2D eigenvalue weighted by molar-refractivity contribution is 6.17. The number of aliphatic hydroxyl groups is 2. The van der Waals surface area contributed by atoms with Crippen molar-refractivity contribution in [1.82, 2.24) is 4.98 Å². The molecule has 0 bridgehead atoms. The molecule has 3 N–H and O–H groups in total. The van der Waals surface area contributed by atoms with Crippen molar-refractivity contribution >= 4 is 33.7 Å². The smallest absolute Gasteiger partial charge is 0.355 e. The number of nitrogens with zero attached hydrogens (tertiary/aromatic N) is 2. The van der Waals surface area contributed by atoms with E-state index in [2.05, 4.69) is 15.3 Å². The van der Waals surface area contributed by atoms with Crippen LogP contribution < -0.4 is 5.32 Å². The second-order valence-electron chi connectivity index (χ2n) is 6.52. The number of aliphatic imine (C=N–C) groups is 1. The summed E-state index contributed by atoms with van der Waals surface area (Å²) in [5.41, 5.74) is -4.13. The summed E-state index contributed by atoms with van der Waals surface area (Å²) in [5.74, 6) is -4.44. The molecule has 2 heterocycles. The fourth-order valence-electron chi connectivity index (χ4n) is 3.20. The third-order valence-electron chi connectivity index (χ3n) is 4.58. The zero-order valence-electron chi connectivity index (χ0n) is 14.7. The Kier molecular flexibility index (Phi) is 4.30. The number of benzene rings is 2. The summed E-state index contributed by atoms with van der Waals surface area (Å²) in [7, 11) is 0. The molecule has 1 aliphatic rings. The summed E-state index contributed by atoms with van der Waals surface area (Å²) in [6.45, 7) is 0. The lowest BCUT2D eigenvalue weighted by Gasteiger charge is -2.27. The number of hydrogen-bond donors (Lipinski definition) is 3. The van der Waals surface area contributed by atoms with Gasteiger partial charge in [-0.1, -0.05) is 12.1 Å². The molecule has 0 unspecified atom stereocenters. The minimum Gasteiger partial charge on any atom is -0.355 e. The first-order chi connectivity index (χ1) is 13.9. The predicted molar refractivity (Wildman–Crippen MR) is 95.9 cm³/mol. The van der Waals surface area contributed by atoms with Crippen LogP contribution in [0, 0.1) is 0 Å². The van der Waals surface area contributed by atoms with E-state index in [1.165, 1.54) is 30.3 Å². The minimum atomic E-state index is -5.59. The topological polar surface area (TPSA) is 77.7 Å². The number of fused-ring (bicyclic) bond motifs is 4. The number of pyridine rings is 1. The lowest BCUT2D eigenvalue weighted by Crippen LogP contribution is -2.42. The van der Waals surface area contributed by atoms with E-state index in [1.807, 2.05) is 0 Å². The number of hydrogen-bond acceptors (Lipinski definition) is 5. The lowest BCUT2D eigenvalue weighted by molar-refractivity contribution is -0.357. The number of rotatable bonds is 1. The molecule has 30 heavy (non-hydrogen) atoms. The summed E-state index contributed by atoms with van der Waals surface area (Å²) in [6, 6.07) is 8.70. The van der Waals surface area contributed by atoms with Gasteiger partial charge in [0.25, 0.3) is 5.79 Å². The number of para-hydroxylation sites is 2. The predicted octanol–water partition coefficient (Wildman–Crippen LogP) is 4.67. The van der Waals surface area contributed by atoms with Crippen LogP contribution in [0.4, 0.5) is 43.4 Å². The molecule has 156 valence electrons. The first-order valence-electron chi connectivity index (χ1n) is 8.37. The van der Waals surface area contributed by atoms with Crippen LogP contribution in [0.15, 0.2) is 53.7 Å². The lowest BCUT2D eigenvalue weighted by atomic mass is 9.94. The van der Waals surface area contributed by atoms with Crippen molar-refractivity contribution in [2.45, 2.75) is 18.1 Å². The zero-order chi connectivity index (χ0) is 21.9. The Labute approximate surface area is 164 Å². The number of anilines is 2. The second kappa shape index (κ2) is 6.41. The van der Waals surface area contributed by atoms with Crippen LogP contribution in [0.5, 0.6) is 0 Å². The van der Waals surface area contributed by atoms with Gasteiger partial charge in [0.05, 0.1) is 22.6 Å². The highest BCUT2D eigenvalue weighted by atomic mass is 19.4. The minimum absolute atomic E-state index is 0.0882. The molecule has 4 rings (SSSR count). The molecule has 5 nitrogen and oxygen atoms in total. The van der Waals surface area contributed by atoms with Crippen LogP contribution in [-0.2, 0) is 5.79 Å². The van der Waals surface area contributed by atoms with Crippen LogP contribution >= 0.6 is 0 Å². The second-order valence-corrected chi connectivity index (χ2v) is 6.52. The van der Waals surface area contributed by atoms with Gasteiger partial charge in [0.1, 0.15) is 0 Å². The molecule has 1 aliphatic heterocycles. The van der Waals surface area contributed by atoms with Gasteiger partial charge in [-0.3, -0.25) is 4.98 Å². The van der Waals surface area contributed by atoms with E-state index >= 15 is 0 Å². The molecule has 0 aliphatic carbocycles. The molecular formula is C19H11F6N3O2. The molecule has 11 heteroatoms. The maximum atomic E-state index is 13.8. The molecule has 0 atom stereocenters. The van der Waals surface area contributed by atoms with Crippen molar-refractivity contribution in [3.8, 4) is 0 Å². The third kappa shape index (κ3) is 3.06. The first-order valence-corrected chi connectivity index (χ1v) is 8.37. The first kappa shape index (κ1) is 20.1. The molecule has 0 spiro atoms. The molecule has 0 fully saturated rings. The Balaban J connectivity index is 2.15. The van der Waals surface area contributed by atoms with Gasteiger partial charge in [-0.2, -0.15) is 26.3 Å². The Bertz CT molecular complexity index is 1190. The van der Waals surface area contributed by atoms with Gasteiger partial charge < -0.3 is 15.5 Å². The zero-order valence-corrected chi connectivity index (χ0v) is 14.7. The summed E-state index contributed by atoms with van der Waals surface area (Å²) < 4.78 is 81.4. The Hall–Kier alpha value is -3.18. The van der Waals surface area contributed by atoms with Crippen molar-refractivity contribution in [2.24, 2.45) is 4.99 Å². The monoisotopic (exact) mass is 427 g/mol. The van der Waals surface area contributed by atoms with E-state index in [9.17, 15) is 36.6 Å². The van der Waals surface area contributed by atoms with Crippen LogP contribution in [0.2, 0.25) is 0 Å². The SMILES string of the molecule is OC(O)(c1cc2c(c3cccnc13)Nc1ccccc1N=C2C(F)(F)F)C(F)(F)F. The van der Waals surface area contributed by atoms with Gasteiger partial charge >= 0.3 is 12.4 Å². The molecule has 2 aromatic carbocycles. The van der Waals surface area contributed by atoms with Crippen molar-refractivity contribution in [2.75, 3.05) is 5.32 Å². The summed E-state index contributed by atoms with van der Waals surface area (Å²) in [4.78, 5) is 7.37. The summed E-state index contributed by atoms with van der Waals surface area (Å²) in [6.07, 6.45) is -9.55. The van der Waals surface area contributed by atoms with Crippen molar-refractivity contribution in [1.29, 1.82) is 0 Å². The Morgan fingerprint density at radius 3 is 2.27 bits per heavy atom. The maximum Gasteiger partial charge on any atom is 0.447 e. The number of halogens is 6. The van der Waals surface area contributed by atoms with E-state index in [-0.39, 0.29) is 22.4 Å². The van der Waals surface area contributed by atoms with Crippen LogP contribution in [0.3, 0.4) is 0 Å². The maximum absolute atomic E-state index is 13.8. The van der Waals surface area contributed by atoms with Crippen LogP contribution in [0.25, 0.3) is 10.9 Å². The average molecular weight is 427 g/mol. The van der Waals surface area contributed by atoms with Gasteiger partial charge in [0.2, 0.25) is 0 Å². The van der Waals surface area contributed by atoms with Crippen LogP contribution in [0.1, 0.15) is 11.1 Å². The fourth-order valence-corrected chi connectivity index (χ4v) is 3.20. The van der Waals surface area contributed by atoms with Crippen LogP contribution in [-0.4, -0.2) is 33.3 Å². The number of alkyl halides is 6. The molecular weight excluding hydrogens is 416 g/mol. The molecule has 0 saturated heterocycles. The highest BCUT2D eigenvalue weighted by Gasteiger charge is 2.56. The van der Waals surface area contributed by atoms with E-state index in [0.29, 0.717) is 6.07 Å². The third-order valence-corrected chi connectivity index (χ3v) is 4.58. The summed E-state index contributed by atoms with van der Waals surface area (Å²) in [5, 5.41) is 22.2. The normalized spacial score (nSPS) is 14.5. The van der Waals surface area contributed by atoms with Gasteiger partial charge in [-0.25, -0.2) is 4.99 Å². The highest BCUT2D eigenvalue weighted by Crippen LogP contribution is 2.46. The van der Waals surface area contributed by atoms with Gasteiger partial charge in [-0.05, 0) is 30.3 Å². The van der Waals surface area contributed by atoms with Crippen molar-refractivity contribution in [3.63, 3.8) is 0 Å². The average Bonchev–Trinajstić information content (AvgIpc) is 2.83. The fraction of sp³-hybridized carbons (Fsp3) is 0.158.